The summed E-state index contributed by atoms with van der Waals surface area (Å²) in [6.45, 7) is 0.806. The number of piperidine rings is 1. The molecule has 0 aromatic heterocycles. The van der Waals surface area contributed by atoms with Crippen LogP contribution in [0.1, 0.15) is 12.8 Å². The molecule has 5 nitrogen and oxygen atoms in total. The number of halogens is 2. The second kappa shape index (κ2) is 6.62. The molecule has 1 aromatic rings. The Hall–Kier alpha value is -1.02. The zero-order valence-electron chi connectivity index (χ0n) is 10.6. The number of urea groups is 1. The Morgan fingerprint density at radius 3 is 2.85 bits per heavy atom. The summed E-state index contributed by atoms with van der Waals surface area (Å²) in [5, 5.41) is 12.2. The maximum Gasteiger partial charge on any atom is 0.321 e. The number of amides is 2. The van der Waals surface area contributed by atoms with Gasteiger partial charge in [0, 0.05) is 16.7 Å². The van der Waals surface area contributed by atoms with Gasteiger partial charge in [-0.25, -0.2) is 4.79 Å². The average Bonchev–Trinajstić information content (AvgIpc) is 2.42. The second-order valence-electron chi connectivity index (χ2n) is 4.68. The molecule has 2 rings (SSSR count). The number of carbonyl (C=O) groups excluding carboxylic acids is 1. The quantitative estimate of drug-likeness (QED) is 0.738. The topological polar surface area (TPSA) is 69.6 Å². The molecule has 2 amide bonds. The minimum Gasteiger partial charge on any atom is -0.481 e. The molecule has 0 aliphatic carbocycles. The number of carboxylic acid groups (broad SMARTS) is 1. The van der Waals surface area contributed by atoms with Crippen molar-refractivity contribution in [2.24, 2.45) is 5.92 Å². The van der Waals surface area contributed by atoms with Crippen molar-refractivity contribution >= 4 is 51.9 Å². The average molecular weight is 409 g/mol. The van der Waals surface area contributed by atoms with E-state index in [0.29, 0.717) is 30.1 Å². The largest absolute Gasteiger partial charge is 0.481 e. The normalized spacial score (nSPS) is 18.7. The van der Waals surface area contributed by atoms with E-state index < -0.39 is 11.9 Å². The van der Waals surface area contributed by atoms with E-state index in [-0.39, 0.29) is 12.6 Å². The number of nitrogens with zero attached hydrogens (tertiary/aromatic N) is 1. The molecular formula is C13H14ClIN2O3. The van der Waals surface area contributed by atoms with Crippen LogP contribution in [0.3, 0.4) is 0 Å². The molecule has 2 N–H and O–H groups in total. The van der Waals surface area contributed by atoms with Gasteiger partial charge in [-0.05, 0) is 53.6 Å². The molecule has 0 saturated carbocycles. The molecule has 0 bridgehead atoms. The summed E-state index contributed by atoms with van der Waals surface area (Å²) < 4.78 is 0.981. The number of likely N-dealkylation sites (tertiary alicyclic amines) is 1. The highest BCUT2D eigenvalue weighted by atomic mass is 127. The van der Waals surface area contributed by atoms with Gasteiger partial charge in [0.25, 0.3) is 0 Å². The number of carbonyl (C=O) groups is 2. The number of carboxylic acids is 1. The zero-order valence-corrected chi connectivity index (χ0v) is 13.5. The molecule has 1 saturated heterocycles. The lowest BCUT2D eigenvalue weighted by Crippen LogP contribution is -2.44. The monoisotopic (exact) mass is 408 g/mol. The smallest absolute Gasteiger partial charge is 0.321 e. The van der Waals surface area contributed by atoms with Crippen LogP contribution in [0.2, 0.25) is 5.02 Å². The van der Waals surface area contributed by atoms with Crippen molar-refractivity contribution in [1.29, 1.82) is 0 Å². The number of aliphatic carboxylic acids is 1. The van der Waals surface area contributed by atoms with Crippen LogP contribution in [-0.4, -0.2) is 35.1 Å². The van der Waals surface area contributed by atoms with Gasteiger partial charge >= 0.3 is 12.0 Å². The fourth-order valence-corrected chi connectivity index (χ4v) is 3.05. The Labute approximate surface area is 135 Å². The minimum atomic E-state index is -0.852. The van der Waals surface area contributed by atoms with Crippen LogP contribution in [0.25, 0.3) is 0 Å². The first kappa shape index (κ1) is 15.4. The van der Waals surface area contributed by atoms with Crippen molar-refractivity contribution in [2.45, 2.75) is 12.8 Å². The molecule has 1 aliphatic rings. The van der Waals surface area contributed by atoms with E-state index in [0.717, 1.165) is 3.57 Å². The van der Waals surface area contributed by atoms with Crippen LogP contribution >= 0.6 is 34.2 Å². The molecule has 1 fully saturated rings. The van der Waals surface area contributed by atoms with Gasteiger partial charge in [-0.3, -0.25) is 4.79 Å². The van der Waals surface area contributed by atoms with Crippen LogP contribution < -0.4 is 5.32 Å². The van der Waals surface area contributed by atoms with Crippen LogP contribution in [0.5, 0.6) is 0 Å². The van der Waals surface area contributed by atoms with E-state index >= 15 is 0 Å². The van der Waals surface area contributed by atoms with Crippen LogP contribution in [0.4, 0.5) is 10.5 Å². The van der Waals surface area contributed by atoms with Crippen molar-refractivity contribution in [3.05, 3.63) is 26.8 Å². The molecule has 108 valence electrons. The van der Waals surface area contributed by atoms with Gasteiger partial charge in [0.15, 0.2) is 0 Å². The summed E-state index contributed by atoms with van der Waals surface area (Å²) in [4.78, 5) is 24.7. The van der Waals surface area contributed by atoms with Gasteiger partial charge in [0.2, 0.25) is 0 Å². The molecule has 0 unspecified atom stereocenters. The van der Waals surface area contributed by atoms with Gasteiger partial charge in [0.05, 0.1) is 16.6 Å². The van der Waals surface area contributed by atoms with Gasteiger partial charge in [-0.15, -0.1) is 0 Å². The first-order valence-corrected chi connectivity index (χ1v) is 7.67. The highest BCUT2D eigenvalue weighted by molar-refractivity contribution is 14.1. The van der Waals surface area contributed by atoms with E-state index in [1.807, 2.05) is 6.07 Å². The highest BCUT2D eigenvalue weighted by Crippen LogP contribution is 2.25. The van der Waals surface area contributed by atoms with Crippen molar-refractivity contribution in [3.8, 4) is 0 Å². The number of hydrogen-bond donors (Lipinski definition) is 2. The predicted molar refractivity (Wildman–Crippen MR) is 85.1 cm³/mol. The first-order valence-electron chi connectivity index (χ1n) is 6.21. The number of rotatable bonds is 2. The Morgan fingerprint density at radius 2 is 2.20 bits per heavy atom. The number of anilines is 1. The lowest BCUT2D eigenvalue weighted by molar-refractivity contribution is -0.143. The summed E-state index contributed by atoms with van der Waals surface area (Å²) in [7, 11) is 0. The molecule has 1 atom stereocenters. The van der Waals surface area contributed by atoms with Crippen molar-refractivity contribution in [3.63, 3.8) is 0 Å². The van der Waals surface area contributed by atoms with Gasteiger partial charge in [-0.1, -0.05) is 11.6 Å². The second-order valence-corrected chi connectivity index (χ2v) is 6.33. The number of hydrogen-bond acceptors (Lipinski definition) is 2. The molecule has 1 aromatic carbocycles. The van der Waals surface area contributed by atoms with E-state index in [2.05, 4.69) is 27.9 Å². The summed E-state index contributed by atoms with van der Waals surface area (Å²) in [5.74, 6) is -1.34. The van der Waals surface area contributed by atoms with Gasteiger partial charge in [0.1, 0.15) is 0 Å². The molecule has 7 heteroatoms. The van der Waals surface area contributed by atoms with Gasteiger partial charge in [-0.2, -0.15) is 0 Å². The van der Waals surface area contributed by atoms with Crippen LogP contribution in [0.15, 0.2) is 18.2 Å². The van der Waals surface area contributed by atoms with E-state index in [1.54, 1.807) is 12.1 Å². The van der Waals surface area contributed by atoms with Crippen LogP contribution in [0, 0.1) is 9.49 Å². The fourth-order valence-electron chi connectivity index (χ4n) is 2.15. The zero-order chi connectivity index (χ0) is 14.7. The Kier molecular flexibility index (Phi) is 5.09. The Balaban J connectivity index is 2.02. The summed E-state index contributed by atoms with van der Waals surface area (Å²) in [6.07, 6.45) is 1.31. The third kappa shape index (κ3) is 3.76. The number of benzene rings is 1. The molecule has 0 radical (unpaired) electrons. The standard InChI is InChI=1S/C13H14ClIN2O3/c14-10-6-9(15)3-4-11(10)16-13(20)17-5-1-2-8(7-17)12(18)19/h3-4,6,8H,1-2,5,7H2,(H,16,20)(H,18,19)/t8-/m1/s1. The third-order valence-corrected chi connectivity index (χ3v) is 4.21. The summed E-state index contributed by atoms with van der Waals surface area (Å²) >= 11 is 8.20. The molecule has 20 heavy (non-hydrogen) atoms. The maximum absolute atomic E-state index is 12.1. The van der Waals surface area contributed by atoms with E-state index in [1.165, 1.54) is 4.90 Å². The fraction of sp³-hybridized carbons (Fsp3) is 0.385. The molecule has 1 heterocycles. The lowest BCUT2D eigenvalue weighted by atomic mass is 9.99. The molecular weight excluding hydrogens is 395 g/mol. The predicted octanol–water partition coefficient (Wildman–Crippen LogP) is 3.27. The molecule has 1 aliphatic heterocycles. The SMILES string of the molecule is O=C(O)[C@@H]1CCCN(C(=O)Nc2ccc(I)cc2Cl)C1. The number of nitrogens with one attached hydrogen (secondary N) is 1. The van der Waals surface area contributed by atoms with E-state index in [4.69, 9.17) is 16.7 Å². The minimum absolute atomic E-state index is 0.239. The Morgan fingerprint density at radius 1 is 1.45 bits per heavy atom. The highest BCUT2D eigenvalue weighted by Gasteiger charge is 2.28. The summed E-state index contributed by atoms with van der Waals surface area (Å²) in [5.41, 5.74) is 0.537. The molecule has 0 spiro atoms. The van der Waals surface area contributed by atoms with E-state index in [9.17, 15) is 9.59 Å². The summed E-state index contributed by atoms with van der Waals surface area (Å²) in [6, 6.07) is 5.03. The lowest BCUT2D eigenvalue weighted by Gasteiger charge is -2.30. The third-order valence-electron chi connectivity index (χ3n) is 3.23. The van der Waals surface area contributed by atoms with Crippen molar-refractivity contribution < 1.29 is 14.7 Å². The Bertz CT molecular complexity index is 538. The van der Waals surface area contributed by atoms with Gasteiger partial charge < -0.3 is 15.3 Å². The van der Waals surface area contributed by atoms with Crippen molar-refractivity contribution in [2.75, 3.05) is 18.4 Å². The maximum atomic E-state index is 12.1. The van der Waals surface area contributed by atoms with Crippen molar-refractivity contribution in [1.82, 2.24) is 4.90 Å². The first-order chi connectivity index (χ1) is 9.47. The van der Waals surface area contributed by atoms with Crippen LogP contribution in [-0.2, 0) is 4.79 Å².